The SMILES string of the molecule is CCn1nccc1C(=O)CC(C)N. The van der Waals surface area contributed by atoms with Crippen LogP contribution in [0.2, 0.25) is 0 Å². The lowest BCUT2D eigenvalue weighted by atomic mass is 10.1. The molecule has 0 saturated heterocycles. The molecular formula is C9H15N3O. The Morgan fingerprint density at radius 2 is 2.46 bits per heavy atom. The van der Waals surface area contributed by atoms with E-state index in [1.54, 1.807) is 16.9 Å². The average Bonchev–Trinajstić information content (AvgIpc) is 2.49. The molecule has 2 N–H and O–H groups in total. The molecule has 0 aliphatic heterocycles. The Bertz CT molecular complexity index is 291. The van der Waals surface area contributed by atoms with Crippen LogP contribution in [0.5, 0.6) is 0 Å². The molecule has 0 aliphatic carbocycles. The van der Waals surface area contributed by atoms with Crippen LogP contribution >= 0.6 is 0 Å². The van der Waals surface area contributed by atoms with Crippen LogP contribution in [-0.4, -0.2) is 21.6 Å². The number of rotatable bonds is 4. The zero-order valence-corrected chi connectivity index (χ0v) is 8.03. The number of aryl methyl sites for hydroxylation is 1. The lowest BCUT2D eigenvalue weighted by molar-refractivity contribution is 0.0966. The van der Waals surface area contributed by atoms with E-state index in [0.717, 1.165) is 0 Å². The fourth-order valence-electron chi connectivity index (χ4n) is 1.22. The summed E-state index contributed by atoms with van der Waals surface area (Å²) in [6, 6.07) is 1.64. The van der Waals surface area contributed by atoms with Crippen LogP contribution in [0, 0.1) is 0 Å². The van der Waals surface area contributed by atoms with Crippen LogP contribution in [0.25, 0.3) is 0 Å². The molecule has 1 aromatic rings. The van der Waals surface area contributed by atoms with Gasteiger partial charge in [0.05, 0.1) is 0 Å². The molecule has 0 aromatic carbocycles. The fourth-order valence-corrected chi connectivity index (χ4v) is 1.22. The maximum atomic E-state index is 11.6. The van der Waals surface area contributed by atoms with E-state index in [-0.39, 0.29) is 11.8 Å². The van der Waals surface area contributed by atoms with Crippen LogP contribution in [0.1, 0.15) is 30.8 Å². The van der Waals surface area contributed by atoms with Crippen molar-refractivity contribution in [1.82, 2.24) is 9.78 Å². The molecular weight excluding hydrogens is 166 g/mol. The lowest BCUT2D eigenvalue weighted by Crippen LogP contribution is -2.21. The fraction of sp³-hybridized carbons (Fsp3) is 0.556. The zero-order chi connectivity index (χ0) is 9.84. The van der Waals surface area contributed by atoms with Crippen molar-refractivity contribution in [3.63, 3.8) is 0 Å². The van der Waals surface area contributed by atoms with Crippen LogP contribution < -0.4 is 5.73 Å². The molecule has 1 aromatic heterocycles. The summed E-state index contributed by atoms with van der Waals surface area (Å²) in [4.78, 5) is 11.6. The van der Waals surface area contributed by atoms with Crippen molar-refractivity contribution in [2.24, 2.45) is 5.73 Å². The summed E-state index contributed by atoms with van der Waals surface area (Å²) in [5.41, 5.74) is 6.19. The quantitative estimate of drug-likeness (QED) is 0.699. The van der Waals surface area contributed by atoms with Gasteiger partial charge in [-0.1, -0.05) is 0 Å². The summed E-state index contributed by atoms with van der Waals surface area (Å²) >= 11 is 0. The van der Waals surface area contributed by atoms with Gasteiger partial charge in [-0.15, -0.1) is 0 Å². The largest absolute Gasteiger partial charge is 0.328 e. The first kappa shape index (κ1) is 9.92. The minimum atomic E-state index is -0.0901. The van der Waals surface area contributed by atoms with Crippen molar-refractivity contribution in [3.8, 4) is 0 Å². The molecule has 1 atom stereocenters. The van der Waals surface area contributed by atoms with Crippen LogP contribution in [-0.2, 0) is 6.54 Å². The number of ketones is 1. The van der Waals surface area contributed by atoms with Gasteiger partial charge in [0.15, 0.2) is 5.78 Å². The van der Waals surface area contributed by atoms with Crippen LogP contribution in [0.15, 0.2) is 12.3 Å². The van der Waals surface area contributed by atoms with Crippen molar-refractivity contribution in [3.05, 3.63) is 18.0 Å². The summed E-state index contributed by atoms with van der Waals surface area (Å²) in [7, 11) is 0. The van der Waals surface area contributed by atoms with Gasteiger partial charge in [0.25, 0.3) is 0 Å². The van der Waals surface area contributed by atoms with E-state index in [1.165, 1.54) is 0 Å². The smallest absolute Gasteiger partial charge is 0.182 e. The van der Waals surface area contributed by atoms with Gasteiger partial charge in [0, 0.05) is 25.2 Å². The average molecular weight is 181 g/mol. The minimum absolute atomic E-state index is 0.0642. The Kier molecular flexibility index (Phi) is 3.19. The Morgan fingerprint density at radius 3 is 3.00 bits per heavy atom. The topological polar surface area (TPSA) is 60.9 Å². The summed E-state index contributed by atoms with van der Waals surface area (Å²) < 4.78 is 1.69. The summed E-state index contributed by atoms with van der Waals surface area (Å²) in [5.74, 6) is 0.0642. The molecule has 4 heteroatoms. The molecule has 0 fully saturated rings. The molecule has 0 radical (unpaired) electrons. The van der Waals surface area contributed by atoms with Crippen molar-refractivity contribution in [2.75, 3.05) is 0 Å². The molecule has 0 saturated carbocycles. The number of hydrogen-bond acceptors (Lipinski definition) is 3. The Labute approximate surface area is 77.7 Å². The Morgan fingerprint density at radius 1 is 1.77 bits per heavy atom. The van der Waals surface area contributed by atoms with E-state index in [9.17, 15) is 4.79 Å². The Balaban J connectivity index is 2.76. The summed E-state index contributed by atoms with van der Waals surface area (Å²) in [6.07, 6.45) is 2.02. The molecule has 1 unspecified atom stereocenters. The second-order valence-electron chi connectivity index (χ2n) is 3.14. The minimum Gasteiger partial charge on any atom is -0.328 e. The van der Waals surface area contributed by atoms with Gasteiger partial charge in [-0.25, -0.2) is 0 Å². The van der Waals surface area contributed by atoms with Crippen molar-refractivity contribution < 1.29 is 4.79 Å². The standard InChI is InChI=1S/C9H15N3O/c1-3-12-8(4-5-11-12)9(13)6-7(2)10/h4-5,7H,3,6,10H2,1-2H3. The monoisotopic (exact) mass is 181 g/mol. The molecule has 0 aliphatic rings. The second kappa shape index (κ2) is 4.18. The predicted molar refractivity (Wildman–Crippen MR) is 50.5 cm³/mol. The van der Waals surface area contributed by atoms with Gasteiger partial charge in [-0.3, -0.25) is 9.48 Å². The number of aromatic nitrogens is 2. The highest BCUT2D eigenvalue weighted by atomic mass is 16.1. The van der Waals surface area contributed by atoms with E-state index in [4.69, 9.17) is 5.73 Å². The zero-order valence-electron chi connectivity index (χ0n) is 8.03. The first-order chi connectivity index (χ1) is 6.15. The summed E-state index contributed by atoms with van der Waals surface area (Å²) in [6.45, 7) is 4.49. The molecule has 13 heavy (non-hydrogen) atoms. The molecule has 72 valence electrons. The molecule has 0 bridgehead atoms. The molecule has 1 rings (SSSR count). The molecule has 4 nitrogen and oxygen atoms in total. The highest BCUT2D eigenvalue weighted by molar-refractivity contribution is 5.94. The van der Waals surface area contributed by atoms with Crippen LogP contribution in [0.3, 0.4) is 0 Å². The first-order valence-electron chi connectivity index (χ1n) is 4.45. The molecule has 1 heterocycles. The highest BCUT2D eigenvalue weighted by Crippen LogP contribution is 2.04. The molecule has 0 spiro atoms. The van der Waals surface area contributed by atoms with Gasteiger partial charge in [0.1, 0.15) is 5.69 Å². The molecule has 0 amide bonds. The third kappa shape index (κ3) is 2.39. The number of nitrogens with zero attached hydrogens (tertiary/aromatic N) is 2. The number of carbonyl (C=O) groups excluding carboxylic acids is 1. The predicted octanol–water partition coefficient (Wildman–Crippen LogP) is 0.823. The van der Waals surface area contributed by atoms with Crippen molar-refractivity contribution >= 4 is 5.78 Å². The number of nitrogens with two attached hydrogens (primary N) is 1. The van der Waals surface area contributed by atoms with Gasteiger partial charge in [-0.2, -0.15) is 5.10 Å². The first-order valence-corrected chi connectivity index (χ1v) is 4.45. The van der Waals surface area contributed by atoms with E-state index < -0.39 is 0 Å². The maximum absolute atomic E-state index is 11.6. The van der Waals surface area contributed by atoms with Crippen molar-refractivity contribution in [1.29, 1.82) is 0 Å². The van der Waals surface area contributed by atoms with Gasteiger partial charge in [0.2, 0.25) is 0 Å². The van der Waals surface area contributed by atoms with Crippen molar-refractivity contribution in [2.45, 2.75) is 32.9 Å². The number of Topliss-reactive ketones (excluding diaryl/α,β-unsaturated/α-hetero) is 1. The van der Waals surface area contributed by atoms with E-state index in [0.29, 0.717) is 18.7 Å². The number of hydrogen-bond donors (Lipinski definition) is 1. The van der Waals surface area contributed by atoms with Crippen LogP contribution in [0.4, 0.5) is 0 Å². The third-order valence-electron chi connectivity index (χ3n) is 1.81. The third-order valence-corrected chi connectivity index (χ3v) is 1.81. The summed E-state index contributed by atoms with van der Waals surface area (Å²) in [5, 5.41) is 4.02. The van der Waals surface area contributed by atoms with E-state index >= 15 is 0 Å². The normalized spacial score (nSPS) is 12.8. The van der Waals surface area contributed by atoms with E-state index in [2.05, 4.69) is 5.10 Å². The lowest BCUT2D eigenvalue weighted by Gasteiger charge is -2.05. The number of carbonyl (C=O) groups is 1. The highest BCUT2D eigenvalue weighted by Gasteiger charge is 2.12. The van der Waals surface area contributed by atoms with Gasteiger partial charge >= 0.3 is 0 Å². The maximum Gasteiger partial charge on any atom is 0.182 e. The second-order valence-corrected chi connectivity index (χ2v) is 3.14. The van der Waals surface area contributed by atoms with E-state index in [1.807, 2.05) is 13.8 Å². The van der Waals surface area contributed by atoms with Gasteiger partial charge in [-0.05, 0) is 19.9 Å². The van der Waals surface area contributed by atoms with Gasteiger partial charge < -0.3 is 5.73 Å². The Hall–Kier alpha value is -1.16.